The number of benzene rings is 1. The van der Waals surface area contributed by atoms with Crippen LogP contribution in [0.5, 0.6) is 0 Å². The molecule has 2 aliphatic rings. The van der Waals surface area contributed by atoms with Crippen LogP contribution in [0.2, 0.25) is 0 Å². The minimum absolute atomic E-state index is 0.361. The Morgan fingerprint density at radius 3 is 1.93 bits per heavy atom. The summed E-state index contributed by atoms with van der Waals surface area (Å²) < 4.78 is 45.0. The Balaban J connectivity index is 1.41. The van der Waals surface area contributed by atoms with E-state index in [1.165, 1.54) is 6.07 Å². The van der Waals surface area contributed by atoms with Gasteiger partial charge in [0.25, 0.3) is 0 Å². The van der Waals surface area contributed by atoms with Gasteiger partial charge in [0, 0.05) is 45.0 Å². The highest BCUT2D eigenvalue weighted by Gasteiger charge is 2.34. The van der Waals surface area contributed by atoms with Gasteiger partial charge in [-0.25, -0.2) is 0 Å². The van der Waals surface area contributed by atoms with Crippen molar-refractivity contribution >= 4 is 17.3 Å². The quantitative estimate of drug-likeness (QED) is 0.759. The van der Waals surface area contributed by atoms with E-state index in [1.807, 2.05) is 17.0 Å². The van der Waals surface area contributed by atoms with Crippen LogP contribution in [0.3, 0.4) is 0 Å². The number of halogens is 3. The van der Waals surface area contributed by atoms with E-state index in [0.717, 1.165) is 30.8 Å². The van der Waals surface area contributed by atoms with Crippen molar-refractivity contribution in [1.29, 1.82) is 5.26 Å². The van der Waals surface area contributed by atoms with E-state index >= 15 is 0 Å². The smallest absolute Gasteiger partial charge is 0.378 e. The third kappa shape index (κ3) is 4.26. The molecule has 158 valence electrons. The number of ether oxygens (including phenoxy) is 1. The fourth-order valence-corrected chi connectivity index (χ4v) is 3.70. The first kappa shape index (κ1) is 20.2. The number of nitrogens with zero attached hydrogens (tertiary/aromatic N) is 6. The van der Waals surface area contributed by atoms with E-state index in [2.05, 4.69) is 20.0 Å². The topological polar surface area (TPSA) is 68.5 Å². The standard InChI is InChI=1S/C20H21F3N6O/c21-20(22,23)17-13-16(2-1-15(17)14-24)27-5-7-28(8-6-27)18-3-4-19(26-25-18)29-9-11-30-12-10-29/h1-4,13H,5-12H2. The van der Waals surface area contributed by atoms with Crippen LogP contribution < -0.4 is 14.7 Å². The van der Waals surface area contributed by atoms with Crippen molar-refractivity contribution in [3.05, 3.63) is 41.5 Å². The molecule has 2 fully saturated rings. The number of piperazine rings is 1. The maximum atomic E-state index is 13.2. The van der Waals surface area contributed by atoms with Crippen LogP contribution in [0.1, 0.15) is 11.1 Å². The molecule has 0 N–H and O–H groups in total. The van der Waals surface area contributed by atoms with E-state index < -0.39 is 11.7 Å². The normalized spacial score (nSPS) is 17.7. The van der Waals surface area contributed by atoms with Crippen molar-refractivity contribution in [2.24, 2.45) is 0 Å². The first-order valence-corrected chi connectivity index (χ1v) is 9.73. The fraction of sp³-hybridized carbons (Fsp3) is 0.450. The van der Waals surface area contributed by atoms with E-state index in [1.54, 1.807) is 12.1 Å². The monoisotopic (exact) mass is 418 g/mol. The Morgan fingerprint density at radius 1 is 0.833 bits per heavy atom. The zero-order chi connectivity index (χ0) is 21.1. The molecule has 2 aliphatic heterocycles. The Labute approximate surface area is 172 Å². The first-order valence-electron chi connectivity index (χ1n) is 9.73. The van der Waals surface area contributed by atoms with Crippen LogP contribution in [0.4, 0.5) is 30.5 Å². The van der Waals surface area contributed by atoms with Gasteiger partial charge in [0.2, 0.25) is 0 Å². The predicted molar refractivity (Wildman–Crippen MR) is 106 cm³/mol. The number of aromatic nitrogens is 2. The van der Waals surface area contributed by atoms with Crippen LogP contribution >= 0.6 is 0 Å². The van der Waals surface area contributed by atoms with E-state index in [0.29, 0.717) is 45.1 Å². The molecule has 30 heavy (non-hydrogen) atoms. The second kappa shape index (κ2) is 8.36. The number of morpholine rings is 1. The largest absolute Gasteiger partial charge is 0.417 e. The van der Waals surface area contributed by atoms with Gasteiger partial charge < -0.3 is 19.4 Å². The molecule has 0 spiro atoms. The summed E-state index contributed by atoms with van der Waals surface area (Å²) in [5, 5.41) is 17.6. The number of nitriles is 1. The molecule has 10 heteroatoms. The molecule has 2 saturated heterocycles. The highest BCUT2D eigenvalue weighted by Crippen LogP contribution is 2.34. The van der Waals surface area contributed by atoms with Gasteiger partial charge in [0.05, 0.1) is 30.4 Å². The van der Waals surface area contributed by atoms with Gasteiger partial charge in [-0.15, -0.1) is 10.2 Å². The maximum Gasteiger partial charge on any atom is 0.417 e. The van der Waals surface area contributed by atoms with Gasteiger partial charge in [-0.1, -0.05) is 0 Å². The maximum absolute atomic E-state index is 13.2. The minimum atomic E-state index is -4.55. The fourth-order valence-electron chi connectivity index (χ4n) is 3.70. The molecule has 1 aromatic heterocycles. The lowest BCUT2D eigenvalue weighted by Crippen LogP contribution is -2.47. The summed E-state index contributed by atoms with van der Waals surface area (Å²) in [7, 11) is 0. The van der Waals surface area contributed by atoms with Crippen LogP contribution in [0.15, 0.2) is 30.3 Å². The second-order valence-corrected chi connectivity index (χ2v) is 7.16. The van der Waals surface area contributed by atoms with Gasteiger partial charge in [-0.3, -0.25) is 0 Å². The highest BCUT2D eigenvalue weighted by molar-refractivity contribution is 5.56. The Hall–Kier alpha value is -3.06. The molecule has 2 aromatic rings. The molecule has 7 nitrogen and oxygen atoms in total. The summed E-state index contributed by atoms with van der Waals surface area (Å²) in [5.74, 6) is 1.57. The Morgan fingerprint density at radius 2 is 1.40 bits per heavy atom. The van der Waals surface area contributed by atoms with Crippen LogP contribution in [-0.4, -0.2) is 62.7 Å². The molecular weight excluding hydrogens is 397 g/mol. The summed E-state index contributed by atoms with van der Waals surface area (Å²) in [6.07, 6.45) is -4.55. The number of hydrogen-bond donors (Lipinski definition) is 0. The van der Waals surface area contributed by atoms with Crippen molar-refractivity contribution in [1.82, 2.24) is 10.2 Å². The molecule has 4 rings (SSSR count). The molecular formula is C20H21F3N6O. The van der Waals surface area contributed by atoms with Crippen molar-refractivity contribution in [3.8, 4) is 6.07 Å². The van der Waals surface area contributed by atoms with E-state index in [-0.39, 0.29) is 5.56 Å². The van der Waals surface area contributed by atoms with Crippen LogP contribution in [-0.2, 0) is 10.9 Å². The summed E-state index contributed by atoms with van der Waals surface area (Å²) in [6.45, 7) is 5.27. The summed E-state index contributed by atoms with van der Waals surface area (Å²) >= 11 is 0. The SMILES string of the molecule is N#Cc1ccc(N2CCN(c3ccc(N4CCOCC4)nn3)CC2)cc1C(F)(F)F. The molecule has 0 atom stereocenters. The lowest BCUT2D eigenvalue weighted by Gasteiger charge is -2.37. The van der Waals surface area contributed by atoms with Crippen molar-refractivity contribution in [2.45, 2.75) is 6.18 Å². The van der Waals surface area contributed by atoms with E-state index in [9.17, 15) is 13.2 Å². The molecule has 1 aromatic carbocycles. The molecule has 3 heterocycles. The van der Waals surface area contributed by atoms with Gasteiger partial charge in [-0.05, 0) is 30.3 Å². The van der Waals surface area contributed by atoms with Crippen LogP contribution in [0.25, 0.3) is 0 Å². The minimum Gasteiger partial charge on any atom is -0.378 e. The lowest BCUT2D eigenvalue weighted by molar-refractivity contribution is -0.137. The van der Waals surface area contributed by atoms with Crippen molar-refractivity contribution in [3.63, 3.8) is 0 Å². The summed E-state index contributed by atoms with van der Waals surface area (Å²) in [5.41, 5.74) is -0.787. The van der Waals surface area contributed by atoms with Crippen molar-refractivity contribution < 1.29 is 17.9 Å². The van der Waals surface area contributed by atoms with E-state index in [4.69, 9.17) is 10.00 Å². The molecule has 0 amide bonds. The lowest BCUT2D eigenvalue weighted by atomic mass is 10.1. The number of alkyl halides is 3. The van der Waals surface area contributed by atoms with Gasteiger partial charge in [-0.2, -0.15) is 18.4 Å². The van der Waals surface area contributed by atoms with Gasteiger partial charge in [0.1, 0.15) is 0 Å². The average molecular weight is 418 g/mol. The predicted octanol–water partition coefficient (Wildman–Crippen LogP) is 2.53. The molecule has 0 radical (unpaired) electrons. The second-order valence-electron chi connectivity index (χ2n) is 7.16. The number of anilines is 3. The Kier molecular flexibility index (Phi) is 5.63. The number of rotatable bonds is 3. The zero-order valence-corrected chi connectivity index (χ0v) is 16.3. The summed E-state index contributed by atoms with van der Waals surface area (Å²) in [6, 6.07) is 9.35. The van der Waals surface area contributed by atoms with Gasteiger partial charge in [0.15, 0.2) is 11.6 Å². The average Bonchev–Trinajstić information content (AvgIpc) is 2.79. The molecule has 0 bridgehead atoms. The number of hydrogen-bond acceptors (Lipinski definition) is 7. The molecule has 0 unspecified atom stereocenters. The third-order valence-corrected chi connectivity index (χ3v) is 5.37. The molecule has 0 saturated carbocycles. The van der Waals surface area contributed by atoms with Crippen LogP contribution in [0, 0.1) is 11.3 Å². The zero-order valence-electron chi connectivity index (χ0n) is 16.3. The highest BCUT2D eigenvalue weighted by atomic mass is 19.4. The third-order valence-electron chi connectivity index (χ3n) is 5.37. The van der Waals surface area contributed by atoms with Gasteiger partial charge >= 0.3 is 6.18 Å². The molecule has 0 aliphatic carbocycles. The first-order chi connectivity index (χ1) is 14.5. The Bertz CT molecular complexity index is 914. The van der Waals surface area contributed by atoms with Crippen molar-refractivity contribution in [2.75, 3.05) is 67.2 Å². The summed E-state index contributed by atoms with van der Waals surface area (Å²) in [4.78, 5) is 6.09.